The number of likely N-dealkylation sites (tertiary alicyclic amines) is 1. The summed E-state index contributed by atoms with van der Waals surface area (Å²) in [6.07, 6.45) is 2.41. The predicted molar refractivity (Wildman–Crippen MR) is 85.7 cm³/mol. The van der Waals surface area contributed by atoms with Crippen LogP contribution in [0.4, 0.5) is 5.69 Å². The van der Waals surface area contributed by atoms with E-state index in [1.807, 2.05) is 26.0 Å². The van der Waals surface area contributed by atoms with E-state index in [1.165, 1.54) is 0 Å². The molecule has 21 heavy (non-hydrogen) atoms. The third-order valence-electron chi connectivity index (χ3n) is 3.98. The molecule has 5 heteroatoms. The number of nitrogens with zero attached hydrogens (tertiary/aromatic N) is 1. The number of aliphatic hydroxyl groups is 1. The Labute approximate surface area is 131 Å². The number of carbonyl (C=O) groups is 1. The van der Waals surface area contributed by atoms with Crippen molar-refractivity contribution in [2.24, 2.45) is 0 Å². The topological polar surface area (TPSA) is 52.6 Å². The van der Waals surface area contributed by atoms with Crippen molar-refractivity contribution in [1.82, 2.24) is 4.90 Å². The smallest absolute Gasteiger partial charge is 0.238 e. The van der Waals surface area contributed by atoms with Gasteiger partial charge in [0.1, 0.15) is 0 Å². The second kappa shape index (κ2) is 6.77. The first-order valence-electron chi connectivity index (χ1n) is 7.36. The van der Waals surface area contributed by atoms with Crippen LogP contribution < -0.4 is 5.32 Å². The number of aryl methyl sites for hydroxylation is 1. The number of nitrogens with one attached hydrogen (secondary N) is 1. The third kappa shape index (κ3) is 4.99. The van der Waals surface area contributed by atoms with Gasteiger partial charge in [0.05, 0.1) is 12.1 Å². The van der Waals surface area contributed by atoms with Crippen molar-refractivity contribution in [3.05, 3.63) is 28.8 Å². The summed E-state index contributed by atoms with van der Waals surface area (Å²) in [6.45, 7) is 5.73. The molecule has 1 aliphatic heterocycles. The Morgan fingerprint density at radius 3 is 2.90 bits per heavy atom. The molecule has 116 valence electrons. The minimum atomic E-state index is -0.601. The summed E-state index contributed by atoms with van der Waals surface area (Å²) in [5.41, 5.74) is 1.11. The van der Waals surface area contributed by atoms with Crippen molar-refractivity contribution in [2.45, 2.75) is 38.7 Å². The average molecular weight is 311 g/mol. The SMILES string of the molecule is Cc1ccc(NC(=O)CN2CCCC(C)(O)CC2)cc1Cl. The number of anilines is 1. The van der Waals surface area contributed by atoms with E-state index in [-0.39, 0.29) is 5.91 Å². The molecule has 1 aromatic rings. The minimum absolute atomic E-state index is 0.0449. The standard InChI is InChI=1S/C16H23ClN2O2/c1-12-4-5-13(10-14(12)17)18-15(20)11-19-8-3-6-16(2,21)7-9-19/h4-5,10,21H,3,6-9,11H2,1-2H3,(H,18,20). The van der Waals surface area contributed by atoms with Gasteiger partial charge in [-0.25, -0.2) is 0 Å². The summed E-state index contributed by atoms with van der Waals surface area (Å²) in [7, 11) is 0. The molecule has 0 aromatic heterocycles. The van der Waals surface area contributed by atoms with Crippen molar-refractivity contribution in [1.29, 1.82) is 0 Å². The Kier molecular flexibility index (Phi) is 5.25. The molecule has 2 rings (SSSR count). The summed E-state index contributed by atoms with van der Waals surface area (Å²) >= 11 is 6.05. The molecular formula is C16H23ClN2O2. The molecule has 1 aliphatic rings. The lowest BCUT2D eigenvalue weighted by atomic mass is 9.98. The van der Waals surface area contributed by atoms with Crippen LogP contribution in [0.25, 0.3) is 0 Å². The van der Waals surface area contributed by atoms with Gasteiger partial charge in [-0.15, -0.1) is 0 Å². The molecule has 1 fully saturated rings. The Balaban J connectivity index is 1.88. The van der Waals surface area contributed by atoms with Crippen molar-refractivity contribution in [3.63, 3.8) is 0 Å². The third-order valence-corrected chi connectivity index (χ3v) is 4.39. The highest BCUT2D eigenvalue weighted by atomic mass is 35.5. The predicted octanol–water partition coefficient (Wildman–Crippen LogP) is 2.82. The lowest BCUT2D eigenvalue weighted by Crippen LogP contribution is -2.35. The van der Waals surface area contributed by atoms with Crippen molar-refractivity contribution >= 4 is 23.2 Å². The molecule has 1 heterocycles. The van der Waals surface area contributed by atoms with Gasteiger partial charge in [-0.1, -0.05) is 17.7 Å². The van der Waals surface area contributed by atoms with E-state index in [2.05, 4.69) is 10.2 Å². The molecular weight excluding hydrogens is 288 g/mol. The van der Waals surface area contributed by atoms with E-state index >= 15 is 0 Å². The van der Waals surface area contributed by atoms with E-state index in [0.29, 0.717) is 18.0 Å². The fourth-order valence-corrected chi connectivity index (χ4v) is 2.73. The van der Waals surface area contributed by atoms with Crippen LogP contribution in [0.2, 0.25) is 5.02 Å². The van der Waals surface area contributed by atoms with Crippen LogP contribution >= 0.6 is 11.6 Å². The number of hydrogen-bond donors (Lipinski definition) is 2. The van der Waals surface area contributed by atoms with E-state index in [9.17, 15) is 9.90 Å². The van der Waals surface area contributed by atoms with E-state index in [0.717, 1.165) is 37.2 Å². The van der Waals surface area contributed by atoms with Crippen LogP contribution in [0.5, 0.6) is 0 Å². The Morgan fingerprint density at radius 1 is 1.43 bits per heavy atom. The minimum Gasteiger partial charge on any atom is -0.390 e. The quantitative estimate of drug-likeness (QED) is 0.902. The zero-order valence-electron chi connectivity index (χ0n) is 12.7. The van der Waals surface area contributed by atoms with Gasteiger partial charge in [0.2, 0.25) is 5.91 Å². The maximum Gasteiger partial charge on any atom is 0.238 e. The van der Waals surface area contributed by atoms with Crippen LogP contribution in [0.1, 0.15) is 31.7 Å². The molecule has 1 atom stereocenters. The highest BCUT2D eigenvalue weighted by Gasteiger charge is 2.25. The molecule has 0 bridgehead atoms. The van der Waals surface area contributed by atoms with Gasteiger partial charge in [-0.3, -0.25) is 9.69 Å². The lowest BCUT2D eigenvalue weighted by molar-refractivity contribution is -0.117. The fraction of sp³-hybridized carbons (Fsp3) is 0.562. The van der Waals surface area contributed by atoms with Gasteiger partial charge in [-0.05, 0) is 57.4 Å². The van der Waals surface area contributed by atoms with E-state index < -0.39 is 5.60 Å². The van der Waals surface area contributed by atoms with Crippen LogP contribution in [0.15, 0.2) is 18.2 Å². The molecule has 0 radical (unpaired) electrons. The monoisotopic (exact) mass is 310 g/mol. The number of amides is 1. The van der Waals surface area contributed by atoms with Crippen molar-refractivity contribution in [2.75, 3.05) is 25.0 Å². The summed E-state index contributed by atoms with van der Waals surface area (Å²) in [4.78, 5) is 14.2. The van der Waals surface area contributed by atoms with E-state index in [1.54, 1.807) is 6.07 Å². The molecule has 0 aliphatic carbocycles. The number of benzene rings is 1. The lowest BCUT2D eigenvalue weighted by Gasteiger charge is -2.22. The Hall–Kier alpha value is -1.10. The summed E-state index contributed by atoms with van der Waals surface area (Å²) < 4.78 is 0. The first kappa shape index (κ1) is 16.3. The van der Waals surface area contributed by atoms with Crippen molar-refractivity contribution in [3.8, 4) is 0 Å². The highest BCUT2D eigenvalue weighted by Crippen LogP contribution is 2.22. The second-order valence-electron chi connectivity index (χ2n) is 6.14. The molecule has 0 spiro atoms. The molecule has 4 nitrogen and oxygen atoms in total. The number of halogens is 1. The fourth-order valence-electron chi connectivity index (χ4n) is 2.55. The molecule has 0 saturated carbocycles. The first-order valence-corrected chi connectivity index (χ1v) is 7.74. The van der Waals surface area contributed by atoms with Gasteiger partial charge in [-0.2, -0.15) is 0 Å². The summed E-state index contributed by atoms with van der Waals surface area (Å²) in [5.74, 6) is -0.0449. The molecule has 1 amide bonds. The van der Waals surface area contributed by atoms with Gasteiger partial charge >= 0.3 is 0 Å². The average Bonchev–Trinajstić information content (AvgIpc) is 2.55. The maximum absolute atomic E-state index is 12.1. The first-order chi connectivity index (χ1) is 9.85. The molecule has 1 saturated heterocycles. The largest absolute Gasteiger partial charge is 0.390 e. The molecule has 1 unspecified atom stereocenters. The highest BCUT2D eigenvalue weighted by molar-refractivity contribution is 6.31. The zero-order chi connectivity index (χ0) is 15.5. The van der Waals surface area contributed by atoms with Gasteiger partial charge in [0.25, 0.3) is 0 Å². The normalized spacial score (nSPS) is 23.6. The van der Waals surface area contributed by atoms with E-state index in [4.69, 9.17) is 11.6 Å². The Morgan fingerprint density at radius 2 is 2.19 bits per heavy atom. The molecule has 1 aromatic carbocycles. The molecule has 2 N–H and O–H groups in total. The van der Waals surface area contributed by atoms with Crippen LogP contribution in [0, 0.1) is 6.92 Å². The van der Waals surface area contributed by atoms with Gasteiger partial charge in [0.15, 0.2) is 0 Å². The van der Waals surface area contributed by atoms with Crippen molar-refractivity contribution < 1.29 is 9.90 Å². The maximum atomic E-state index is 12.1. The second-order valence-corrected chi connectivity index (χ2v) is 6.55. The van der Waals surface area contributed by atoms with Crippen LogP contribution in [-0.2, 0) is 4.79 Å². The Bertz CT molecular complexity index is 517. The number of rotatable bonds is 3. The summed E-state index contributed by atoms with van der Waals surface area (Å²) in [6, 6.07) is 5.51. The summed E-state index contributed by atoms with van der Waals surface area (Å²) in [5, 5.41) is 13.6. The van der Waals surface area contributed by atoms with Crippen LogP contribution in [0.3, 0.4) is 0 Å². The van der Waals surface area contributed by atoms with Gasteiger partial charge < -0.3 is 10.4 Å². The van der Waals surface area contributed by atoms with Gasteiger partial charge in [0, 0.05) is 17.3 Å². The zero-order valence-corrected chi connectivity index (χ0v) is 13.4. The number of hydrogen-bond acceptors (Lipinski definition) is 3. The number of carbonyl (C=O) groups excluding carboxylic acids is 1. The van der Waals surface area contributed by atoms with Crippen LogP contribution in [-0.4, -0.2) is 41.1 Å².